The lowest BCUT2D eigenvalue weighted by atomic mass is 10.1. The number of aryl methyl sites for hydroxylation is 1. The highest BCUT2D eigenvalue weighted by Crippen LogP contribution is 2.38. The summed E-state index contributed by atoms with van der Waals surface area (Å²) in [6, 6.07) is 7.56. The van der Waals surface area contributed by atoms with Crippen LogP contribution in [0.4, 0.5) is 5.82 Å². The first kappa shape index (κ1) is 28.4. The summed E-state index contributed by atoms with van der Waals surface area (Å²) in [5, 5.41) is 9.26. The van der Waals surface area contributed by atoms with E-state index in [4.69, 9.17) is 20.8 Å². The largest absolute Gasteiger partial charge is 0.470 e. The summed E-state index contributed by atoms with van der Waals surface area (Å²) in [5.74, 6) is 1.76. The van der Waals surface area contributed by atoms with E-state index < -0.39 is 8.32 Å². The SMILES string of the molecule is Cc1ccc(NCC(CN2CC(O[Si](C)(C)C(C)(C)C)C2)Oc2ncnc3c2cnn3-c2ncccc2Cl)nc1. The van der Waals surface area contributed by atoms with Crippen LogP contribution < -0.4 is 10.1 Å². The van der Waals surface area contributed by atoms with Gasteiger partial charge in [0.2, 0.25) is 5.88 Å². The van der Waals surface area contributed by atoms with E-state index in [2.05, 4.69) is 69.1 Å². The van der Waals surface area contributed by atoms with Crippen LogP contribution in [0.2, 0.25) is 23.2 Å². The third-order valence-electron chi connectivity index (χ3n) is 7.62. The number of hydrogen-bond acceptors (Lipinski definition) is 9. The normalized spacial score (nSPS) is 15.7. The third kappa shape index (κ3) is 6.27. The summed E-state index contributed by atoms with van der Waals surface area (Å²) in [7, 11) is -1.81. The van der Waals surface area contributed by atoms with Crippen molar-refractivity contribution in [2.45, 2.75) is 58.0 Å². The van der Waals surface area contributed by atoms with Gasteiger partial charge in [-0.2, -0.15) is 9.78 Å². The molecule has 4 aromatic heterocycles. The quantitative estimate of drug-likeness (QED) is 0.256. The molecular weight excluding hydrogens is 544 g/mol. The molecule has 1 aliphatic heterocycles. The van der Waals surface area contributed by atoms with E-state index in [0.717, 1.165) is 24.5 Å². The Morgan fingerprint density at radius 1 is 1.10 bits per heavy atom. The zero-order valence-electron chi connectivity index (χ0n) is 23.9. The number of rotatable bonds is 10. The monoisotopic (exact) mass is 580 g/mol. The first-order valence-corrected chi connectivity index (χ1v) is 16.8. The number of fused-ring (bicyclic) bond motifs is 1. The second-order valence-electron chi connectivity index (χ2n) is 11.8. The first-order valence-electron chi connectivity index (χ1n) is 13.5. The molecule has 4 aromatic rings. The Morgan fingerprint density at radius 3 is 2.60 bits per heavy atom. The maximum absolute atomic E-state index is 6.60. The molecule has 1 saturated heterocycles. The van der Waals surface area contributed by atoms with Crippen molar-refractivity contribution >= 4 is 36.8 Å². The molecule has 1 atom stereocenters. The second kappa shape index (κ2) is 11.4. The number of nitrogens with one attached hydrogen (secondary N) is 1. The standard InChI is InChI=1S/C28H37ClN8O2Si/c1-19-9-10-24(31-12-19)32-13-20(15-36-16-21(17-36)39-40(5,6)28(2,3)4)38-27-22-14-35-37(25(22)33-18-34-27)26-23(29)8-7-11-30-26/h7-12,14,18,20-21H,13,15-17H2,1-6H3,(H,31,32). The summed E-state index contributed by atoms with van der Waals surface area (Å²) in [6.07, 6.45) is 6.72. The van der Waals surface area contributed by atoms with Crippen molar-refractivity contribution in [2.24, 2.45) is 0 Å². The van der Waals surface area contributed by atoms with Crippen LogP contribution in [0.3, 0.4) is 0 Å². The molecule has 40 heavy (non-hydrogen) atoms. The molecule has 5 heterocycles. The molecule has 12 heteroatoms. The molecule has 0 amide bonds. The van der Waals surface area contributed by atoms with E-state index in [-0.39, 0.29) is 17.2 Å². The summed E-state index contributed by atoms with van der Waals surface area (Å²) < 4.78 is 14.7. The van der Waals surface area contributed by atoms with Gasteiger partial charge >= 0.3 is 0 Å². The van der Waals surface area contributed by atoms with Gasteiger partial charge in [-0.3, -0.25) is 4.90 Å². The Kier molecular flexibility index (Phi) is 8.09. The number of nitrogens with zero attached hydrogens (tertiary/aromatic N) is 7. The van der Waals surface area contributed by atoms with Gasteiger partial charge in [-0.1, -0.05) is 38.4 Å². The predicted octanol–water partition coefficient (Wildman–Crippen LogP) is 5.13. The zero-order valence-corrected chi connectivity index (χ0v) is 25.7. The minimum atomic E-state index is -1.81. The van der Waals surface area contributed by atoms with E-state index in [1.54, 1.807) is 29.2 Å². The van der Waals surface area contributed by atoms with Crippen molar-refractivity contribution in [3.8, 4) is 11.7 Å². The van der Waals surface area contributed by atoms with Crippen LogP contribution in [-0.2, 0) is 4.43 Å². The molecule has 1 aliphatic rings. The van der Waals surface area contributed by atoms with Crippen LogP contribution in [0.1, 0.15) is 26.3 Å². The van der Waals surface area contributed by atoms with Crippen molar-refractivity contribution in [2.75, 3.05) is 31.5 Å². The van der Waals surface area contributed by atoms with E-state index in [0.29, 0.717) is 40.8 Å². The van der Waals surface area contributed by atoms with Crippen molar-refractivity contribution in [1.82, 2.24) is 34.6 Å². The molecule has 1 unspecified atom stereocenters. The number of pyridine rings is 2. The number of ether oxygens (including phenoxy) is 1. The van der Waals surface area contributed by atoms with Gasteiger partial charge in [0.25, 0.3) is 0 Å². The Morgan fingerprint density at radius 2 is 1.90 bits per heavy atom. The molecule has 0 saturated carbocycles. The van der Waals surface area contributed by atoms with Gasteiger partial charge in [-0.15, -0.1) is 0 Å². The molecule has 10 nitrogen and oxygen atoms in total. The molecule has 1 N–H and O–H groups in total. The topological polar surface area (TPSA) is 103 Å². The molecule has 0 aromatic carbocycles. The van der Waals surface area contributed by atoms with Gasteiger partial charge in [-0.25, -0.2) is 19.9 Å². The van der Waals surface area contributed by atoms with Crippen LogP contribution in [0.5, 0.6) is 5.88 Å². The summed E-state index contributed by atoms with van der Waals surface area (Å²) in [4.78, 5) is 20.1. The van der Waals surface area contributed by atoms with E-state index >= 15 is 0 Å². The van der Waals surface area contributed by atoms with Gasteiger partial charge in [0, 0.05) is 32.0 Å². The second-order valence-corrected chi connectivity index (χ2v) is 17.0. The molecule has 1 fully saturated rings. The highest BCUT2D eigenvalue weighted by molar-refractivity contribution is 6.74. The van der Waals surface area contributed by atoms with Gasteiger partial charge < -0.3 is 14.5 Å². The van der Waals surface area contributed by atoms with Crippen LogP contribution >= 0.6 is 11.6 Å². The Bertz CT molecular complexity index is 1450. The van der Waals surface area contributed by atoms with Crippen LogP contribution in [-0.4, -0.2) is 81.3 Å². The Hall–Kier alpha value is -3.12. The lowest BCUT2D eigenvalue weighted by molar-refractivity contribution is -0.00861. The van der Waals surface area contributed by atoms with Gasteiger partial charge in [0.1, 0.15) is 23.6 Å². The van der Waals surface area contributed by atoms with Gasteiger partial charge in [0.05, 0.1) is 23.9 Å². The molecule has 0 aliphatic carbocycles. The lowest BCUT2D eigenvalue weighted by Crippen LogP contribution is -2.59. The average Bonchev–Trinajstić information content (AvgIpc) is 3.31. The molecule has 212 valence electrons. The molecule has 0 bridgehead atoms. The number of likely N-dealkylation sites (tertiary alicyclic amines) is 1. The van der Waals surface area contributed by atoms with Crippen molar-refractivity contribution in [3.05, 3.63) is 59.8 Å². The maximum Gasteiger partial charge on any atom is 0.228 e. The molecule has 5 rings (SSSR count). The summed E-state index contributed by atoms with van der Waals surface area (Å²) in [5.41, 5.74) is 1.68. The van der Waals surface area contributed by atoms with Crippen molar-refractivity contribution < 1.29 is 9.16 Å². The zero-order chi connectivity index (χ0) is 28.5. The summed E-state index contributed by atoms with van der Waals surface area (Å²) >= 11 is 6.38. The summed E-state index contributed by atoms with van der Waals surface area (Å²) in [6.45, 7) is 16.5. The van der Waals surface area contributed by atoms with E-state index in [9.17, 15) is 0 Å². The fourth-order valence-electron chi connectivity index (χ4n) is 4.32. The first-order chi connectivity index (χ1) is 19.0. The highest BCUT2D eigenvalue weighted by atomic mass is 35.5. The number of aromatic nitrogens is 6. The molecular formula is C28H37ClN8O2Si. The van der Waals surface area contributed by atoms with Crippen LogP contribution in [0.15, 0.2) is 49.2 Å². The van der Waals surface area contributed by atoms with Gasteiger partial charge in [-0.05, 0) is 48.8 Å². The fourth-order valence-corrected chi connectivity index (χ4v) is 5.86. The Labute approximate surface area is 241 Å². The number of hydrogen-bond donors (Lipinski definition) is 1. The molecule has 0 radical (unpaired) electrons. The van der Waals surface area contributed by atoms with Crippen LogP contribution in [0.25, 0.3) is 16.9 Å². The maximum atomic E-state index is 6.60. The predicted molar refractivity (Wildman–Crippen MR) is 160 cm³/mol. The van der Waals surface area contributed by atoms with Crippen LogP contribution in [0, 0.1) is 6.92 Å². The Balaban J connectivity index is 1.32. The van der Waals surface area contributed by atoms with Crippen molar-refractivity contribution in [1.29, 1.82) is 0 Å². The number of anilines is 1. The van der Waals surface area contributed by atoms with Crippen molar-refractivity contribution in [3.63, 3.8) is 0 Å². The third-order valence-corrected chi connectivity index (χ3v) is 12.5. The molecule has 0 spiro atoms. The lowest BCUT2D eigenvalue weighted by Gasteiger charge is -2.47. The minimum absolute atomic E-state index is 0.187. The average molecular weight is 581 g/mol. The van der Waals surface area contributed by atoms with Gasteiger partial charge in [0.15, 0.2) is 19.8 Å². The number of halogens is 1. The smallest absolute Gasteiger partial charge is 0.228 e. The minimum Gasteiger partial charge on any atom is -0.470 e. The van der Waals surface area contributed by atoms with E-state index in [1.807, 2.05) is 25.3 Å². The van der Waals surface area contributed by atoms with E-state index in [1.165, 1.54) is 6.33 Å². The fraction of sp³-hybridized carbons (Fsp3) is 0.464. The highest BCUT2D eigenvalue weighted by Gasteiger charge is 2.42.